The number of azide groups is 1. The van der Waals surface area contributed by atoms with E-state index < -0.39 is 0 Å². The molecule has 0 aromatic heterocycles. The normalized spacial score (nSPS) is 49.7. The van der Waals surface area contributed by atoms with Gasteiger partial charge >= 0.3 is 0 Å². The van der Waals surface area contributed by atoms with Crippen molar-refractivity contribution in [3.05, 3.63) is 10.4 Å². The van der Waals surface area contributed by atoms with E-state index in [1.165, 1.54) is 6.42 Å². The monoisotopic (exact) mass is 138 g/mol. The summed E-state index contributed by atoms with van der Waals surface area (Å²) < 4.78 is 0. The third-order valence-corrected chi connectivity index (χ3v) is 2.61. The first kappa shape index (κ1) is 6.01. The fraction of sp³-hybridized carbons (Fsp3) is 1.00. The van der Waals surface area contributed by atoms with Crippen LogP contribution in [-0.2, 0) is 0 Å². The molecule has 4 heteroatoms. The molecule has 4 atom stereocenters. The molecule has 10 heavy (non-hydrogen) atoms. The van der Waals surface area contributed by atoms with E-state index in [-0.39, 0.29) is 12.1 Å². The van der Waals surface area contributed by atoms with Crippen molar-refractivity contribution in [3.8, 4) is 0 Å². The van der Waals surface area contributed by atoms with Gasteiger partial charge in [0.2, 0.25) is 0 Å². The molecule has 2 saturated carbocycles. The van der Waals surface area contributed by atoms with E-state index in [0.717, 1.165) is 12.3 Å². The maximum atomic E-state index is 8.18. The molecule has 0 aromatic carbocycles. The zero-order valence-electron chi connectivity index (χ0n) is 5.64. The van der Waals surface area contributed by atoms with Gasteiger partial charge in [0.15, 0.2) is 0 Å². The third kappa shape index (κ3) is 0.696. The van der Waals surface area contributed by atoms with Crippen molar-refractivity contribution >= 4 is 0 Å². The first-order valence-electron chi connectivity index (χ1n) is 3.62. The van der Waals surface area contributed by atoms with Crippen molar-refractivity contribution in [1.82, 2.24) is 0 Å². The Hall–Kier alpha value is -0.730. The van der Waals surface area contributed by atoms with E-state index in [0.29, 0.717) is 5.92 Å². The average molecular weight is 138 g/mol. The van der Waals surface area contributed by atoms with Gasteiger partial charge in [0, 0.05) is 11.0 Å². The van der Waals surface area contributed by atoms with E-state index in [1.54, 1.807) is 0 Å². The number of hydrogen-bond donors (Lipinski definition) is 1. The van der Waals surface area contributed by atoms with Gasteiger partial charge in [-0.2, -0.15) is 0 Å². The molecule has 2 N–H and O–H groups in total. The molecule has 0 heterocycles. The summed E-state index contributed by atoms with van der Waals surface area (Å²) >= 11 is 0. The van der Waals surface area contributed by atoms with Crippen LogP contribution in [0.2, 0.25) is 0 Å². The lowest BCUT2D eigenvalue weighted by Gasteiger charge is -2.10. The minimum Gasteiger partial charge on any atom is -0.327 e. The zero-order valence-corrected chi connectivity index (χ0v) is 5.64. The van der Waals surface area contributed by atoms with Crippen LogP contribution >= 0.6 is 0 Å². The van der Waals surface area contributed by atoms with Gasteiger partial charge in [-0.05, 0) is 30.2 Å². The Labute approximate surface area is 59.0 Å². The lowest BCUT2D eigenvalue weighted by molar-refractivity contribution is 0.527. The average Bonchev–Trinajstić information content (AvgIpc) is 2.57. The van der Waals surface area contributed by atoms with E-state index >= 15 is 0 Å². The summed E-state index contributed by atoms with van der Waals surface area (Å²) in [7, 11) is 0. The second-order valence-corrected chi connectivity index (χ2v) is 3.25. The lowest BCUT2D eigenvalue weighted by Crippen LogP contribution is -2.30. The van der Waals surface area contributed by atoms with Gasteiger partial charge in [-0.25, -0.2) is 0 Å². The molecular weight excluding hydrogens is 128 g/mol. The minimum absolute atomic E-state index is 0.106. The highest BCUT2D eigenvalue weighted by Gasteiger charge is 2.51. The Balaban J connectivity index is 2.11. The second kappa shape index (κ2) is 1.87. The number of nitrogens with two attached hydrogens (primary N) is 1. The van der Waals surface area contributed by atoms with Crippen LogP contribution in [0.25, 0.3) is 10.4 Å². The highest BCUT2D eigenvalue weighted by atomic mass is 15.2. The molecule has 2 fully saturated rings. The number of nitrogens with zero attached hydrogens (tertiary/aromatic N) is 3. The molecule has 2 aliphatic rings. The van der Waals surface area contributed by atoms with E-state index in [4.69, 9.17) is 11.3 Å². The maximum absolute atomic E-state index is 8.18. The van der Waals surface area contributed by atoms with Crippen LogP contribution in [0.15, 0.2) is 5.11 Å². The summed E-state index contributed by atoms with van der Waals surface area (Å²) in [5.41, 5.74) is 13.9. The fourth-order valence-electron chi connectivity index (χ4n) is 2.00. The summed E-state index contributed by atoms with van der Waals surface area (Å²) in [6.45, 7) is 0. The Kier molecular flexibility index (Phi) is 1.13. The molecule has 54 valence electrons. The smallest absolute Gasteiger partial charge is 0.0556 e. The SMILES string of the molecule is [N-]=[N+]=NC1C(N)CC2CC21. The van der Waals surface area contributed by atoms with Crippen LogP contribution in [0.3, 0.4) is 0 Å². The number of fused-ring (bicyclic) bond motifs is 1. The summed E-state index contributed by atoms with van der Waals surface area (Å²) in [6.07, 6.45) is 2.30. The Morgan fingerprint density at radius 2 is 2.30 bits per heavy atom. The summed E-state index contributed by atoms with van der Waals surface area (Å²) in [4.78, 5) is 2.79. The first-order chi connectivity index (χ1) is 4.83. The number of rotatable bonds is 1. The highest BCUT2D eigenvalue weighted by Crippen LogP contribution is 2.52. The lowest BCUT2D eigenvalue weighted by atomic mass is 10.1. The standard InChI is InChI=1S/C6H10N4/c7-5-2-3-1-4(3)6(5)9-10-8/h3-6H,1-2,7H2. The molecule has 0 amide bonds. The van der Waals surface area contributed by atoms with Crippen molar-refractivity contribution < 1.29 is 0 Å². The van der Waals surface area contributed by atoms with E-state index in [2.05, 4.69) is 10.0 Å². The number of hydrogen-bond acceptors (Lipinski definition) is 2. The summed E-state index contributed by atoms with van der Waals surface area (Å²) in [5, 5.41) is 3.68. The van der Waals surface area contributed by atoms with Crippen LogP contribution in [0.5, 0.6) is 0 Å². The molecule has 0 aromatic rings. The predicted molar refractivity (Wildman–Crippen MR) is 37.1 cm³/mol. The van der Waals surface area contributed by atoms with Crippen LogP contribution < -0.4 is 5.73 Å². The van der Waals surface area contributed by atoms with E-state index in [1.807, 2.05) is 0 Å². The Bertz CT molecular complexity index is 194. The fourth-order valence-corrected chi connectivity index (χ4v) is 2.00. The van der Waals surface area contributed by atoms with Gasteiger partial charge in [0.25, 0.3) is 0 Å². The molecule has 2 rings (SSSR count). The predicted octanol–water partition coefficient (Wildman–Crippen LogP) is 1.03. The second-order valence-electron chi connectivity index (χ2n) is 3.25. The van der Waals surface area contributed by atoms with Gasteiger partial charge in [-0.1, -0.05) is 5.11 Å². The summed E-state index contributed by atoms with van der Waals surface area (Å²) in [5.74, 6) is 1.41. The van der Waals surface area contributed by atoms with Gasteiger partial charge in [-0.15, -0.1) is 0 Å². The quantitative estimate of drug-likeness (QED) is 0.328. The van der Waals surface area contributed by atoms with Gasteiger partial charge < -0.3 is 5.73 Å². The third-order valence-electron chi connectivity index (χ3n) is 2.61. The minimum atomic E-state index is 0.106. The molecule has 0 radical (unpaired) electrons. The van der Waals surface area contributed by atoms with E-state index in [9.17, 15) is 0 Å². The molecule has 0 spiro atoms. The maximum Gasteiger partial charge on any atom is 0.0556 e. The van der Waals surface area contributed by atoms with Crippen LogP contribution in [-0.4, -0.2) is 12.1 Å². The van der Waals surface area contributed by atoms with Crippen LogP contribution in [0.1, 0.15) is 12.8 Å². The van der Waals surface area contributed by atoms with Gasteiger partial charge in [-0.3, -0.25) is 0 Å². The van der Waals surface area contributed by atoms with Gasteiger partial charge in [0.1, 0.15) is 0 Å². The molecule has 0 saturated heterocycles. The largest absolute Gasteiger partial charge is 0.327 e. The van der Waals surface area contributed by atoms with Gasteiger partial charge in [0.05, 0.1) is 6.04 Å². The summed E-state index contributed by atoms with van der Waals surface area (Å²) in [6, 6.07) is 0.245. The molecule has 2 aliphatic carbocycles. The molecule has 4 nitrogen and oxygen atoms in total. The first-order valence-corrected chi connectivity index (χ1v) is 3.62. The topological polar surface area (TPSA) is 74.8 Å². The Morgan fingerprint density at radius 3 is 2.80 bits per heavy atom. The van der Waals surface area contributed by atoms with Crippen molar-refractivity contribution in [2.45, 2.75) is 24.9 Å². The zero-order chi connectivity index (χ0) is 7.14. The van der Waals surface area contributed by atoms with Crippen LogP contribution in [0, 0.1) is 11.8 Å². The van der Waals surface area contributed by atoms with Crippen molar-refractivity contribution in [2.75, 3.05) is 0 Å². The van der Waals surface area contributed by atoms with Crippen molar-refractivity contribution in [2.24, 2.45) is 22.7 Å². The highest BCUT2D eigenvalue weighted by molar-refractivity contribution is 5.07. The van der Waals surface area contributed by atoms with Crippen molar-refractivity contribution in [3.63, 3.8) is 0 Å². The molecule has 0 bridgehead atoms. The van der Waals surface area contributed by atoms with Crippen molar-refractivity contribution in [1.29, 1.82) is 0 Å². The molecule has 0 aliphatic heterocycles. The Morgan fingerprint density at radius 1 is 1.50 bits per heavy atom. The molecule has 4 unspecified atom stereocenters. The van der Waals surface area contributed by atoms with Crippen LogP contribution in [0.4, 0.5) is 0 Å². The molecular formula is C6H10N4.